The molecule has 0 aliphatic carbocycles. The highest BCUT2D eigenvalue weighted by molar-refractivity contribution is 7.13. The van der Waals surface area contributed by atoms with Gasteiger partial charge in [0.2, 0.25) is 5.91 Å². The standard InChI is InChI=1S/C15H18N2O3S.C2H6/c1-4-6-11(7-5-8-13(18)16-3)9-12-14(15(19)20)21-10(2)17-12;1-2/h4-7H,1,8-9H2,2-3H3,(H,16,18)(H,19,20);1-2H3/b7-5-,11-6+;. The first-order valence-corrected chi connectivity index (χ1v) is 8.17. The van der Waals surface area contributed by atoms with Gasteiger partial charge in [-0.3, -0.25) is 4.79 Å². The quantitative estimate of drug-likeness (QED) is 0.747. The van der Waals surface area contributed by atoms with Crippen molar-refractivity contribution < 1.29 is 14.7 Å². The number of aromatic nitrogens is 1. The highest BCUT2D eigenvalue weighted by Gasteiger charge is 2.16. The molecule has 0 saturated heterocycles. The molecule has 1 heterocycles. The zero-order chi connectivity index (χ0) is 17.8. The van der Waals surface area contributed by atoms with Crippen LogP contribution >= 0.6 is 11.3 Å². The molecule has 23 heavy (non-hydrogen) atoms. The van der Waals surface area contributed by atoms with Crippen molar-refractivity contribution in [2.75, 3.05) is 7.05 Å². The van der Waals surface area contributed by atoms with Crippen LogP contribution < -0.4 is 5.32 Å². The predicted octanol–water partition coefficient (Wildman–Crippen LogP) is 3.52. The molecule has 0 bridgehead atoms. The Morgan fingerprint density at radius 2 is 2.04 bits per heavy atom. The Bertz CT molecular complexity index is 601. The monoisotopic (exact) mass is 336 g/mol. The molecule has 0 aliphatic heterocycles. The molecule has 0 spiro atoms. The second kappa shape index (κ2) is 11.4. The Balaban J connectivity index is 0.00000232. The van der Waals surface area contributed by atoms with Crippen LogP contribution in [0.4, 0.5) is 0 Å². The number of aromatic carboxylic acids is 1. The van der Waals surface area contributed by atoms with Crippen molar-refractivity contribution in [1.82, 2.24) is 10.3 Å². The summed E-state index contributed by atoms with van der Waals surface area (Å²) in [6, 6.07) is 0. The van der Waals surface area contributed by atoms with E-state index in [9.17, 15) is 9.59 Å². The third-order valence-electron chi connectivity index (χ3n) is 2.62. The Morgan fingerprint density at radius 1 is 1.39 bits per heavy atom. The van der Waals surface area contributed by atoms with Crippen LogP contribution in [-0.4, -0.2) is 29.0 Å². The topological polar surface area (TPSA) is 79.3 Å². The first-order chi connectivity index (χ1) is 11.0. The summed E-state index contributed by atoms with van der Waals surface area (Å²) < 4.78 is 0. The Morgan fingerprint density at radius 3 is 2.57 bits per heavy atom. The van der Waals surface area contributed by atoms with E-state index in [1.807, 2.05) is 13.8 Å². The van der Waals surface area contributed by atoms with Crippen LogP contribution in [0, 0.1) is 6.92 Å². The van der Waals surface area contributed by atoms with Gasteiger partial charge in [0.25, 0.3) is 0 Å². The molecular weight excluding hydrogens is 312 g/mol. The van der Waals surface area contributed by atoms with Crippen molar-refractivity contribution in [2.24, 2.45) is 0 Å². The van der Waals surface area contributed by atoms with Gasteiger partial charge in [-0.25, -0.2) is 9.78 Å². The summed E-state index contributed by atoms with van der Waals surface area (Å²) in [6.07, 6.45) is 7.58. The fourth-order valence-electron chi connectivity index (χ4n) is 1.69. The number of rotatable bonds is 7. The summed E-state index contributed by atoms with van der Waals surface area (Å²) in [7, 11) is 1.58. The SMILES string of the molecule is C=C/C=C(\C=C/CC(=O)NC)Cc1nc(C)sc1C(=O)O.CC. The van der Waals surface area contributed by atoms with Crippen molar-refractivity contribution in [3.05, 3.63) is 52.0 Å². The highest BCUT2D eigenvalue weighted by atomic mass is 32.1. The van der Waals surface area contributed by atoms with E-state index in [4.69, 9.17) is 5.11 Å². The number of allylic oxidation sites excluding steroid dienone is 4. The largest absolute Gasteiger partial charge is 0.477 e. The molecule has 126 valence electrons. The van der Waals surface area contributed by atoms with E-state index in [-0.39, 0.29) is 17.2 Å². The lowest BCUT2D eigenvalue weighted by molar-refractivity contribution is -0.119. The van der Waals surface area contributed by atoms with E-state index >= 15 is 0 Å². The molecular formula is C17H24N2O3S. The van der Waals surface area contributed by atoms with Crippen molar-refractivity contribution in [1.29, 1.82) is 0 Å². The predicted molar refractivity (Wildman–Crippen MR) is 95.0 cm³/mol. The van der Waals surface area contributed by atoms with Crippen molar-refractivity contribution >= 4 is 23.2 Å². The maximum atomic E-state index is 11.2. The summed E-state index contributed by atoms with van der Waals surface area (Å²) in [5, 5.41) is 12.4. The summed E-state index contributed by atoms with van der Waals surface area (Å²) in [4.78, 5) is 26.9. The summed E-state index contributed by atoms with van der Waals surface area (Å²) in [6.45, 7) is 9.42. The van der Waals surface area contributed by atoms with Gasteiger partial charge < -0.3 is 10.4 Å². The van der Waals surface area contributed by atoms with Gasteiger partial charge in [-0.15, -0.1) is 11.3 Å². The van der Waals surface area contributed by atoms with E-state index in [1.54, 1.807) is 38.3 Å². The van der Waals surface area contributed by atoms with E-state index in [1.165, 1.54) is 0 Å². The van der Waals surface area contributed by atoms with Crippen LogP contribution in [0.5, 0.6) is 0 Å². The van der Waals surface area contributed by atoms with Gasteiger partial charge in [0.15, 0.2) is 0 Å². The molecule has 1 amide bonds. The molecule has 6 heteroatoms. The smallest absolute Gasteiger partial charge is 0.347 e. The number of aryl methyl sites for hydroxylation is 1. The fraction of sp³-hybridized carbons (Fsp3) is 0.353. The second-order valence-electron chi connectivity index (χ2n) is 4.25. The molecule has 0 atom stereocenters. The van der Waals surface area contributed by atoms with E-state index in [0.717, 1.165) is 21.9 Å². The molecule has 0 aromatic carbocycles. The average molecular weight is 336 g/mol. The normalized spacial score (nSPS) is 10.9. The van der Waals surface area contributed by atoms with Gasteiger partial charge in [0.05, 0.1) is 10.7 Å². The Kier molecular flexibility index (Phi) is 10.3. The number of amides is 1. The van der Waals surface area contributed by atoms with Crippen LogP contribution in [0.15, 0.2) is 36.5 Å². The Hall–Kier alpha value is -2.21. The number of nitrogens with one attached hydrogen (secondary N) is 1. The van der Waals surface area contributed by atoms with Crippen LogP contribution in [0.25, 0.3) is 0 Å². The fourth-order valence-corrected chi connectivity index (χ4v) is 2.47. The molecule has 2 N–H and O–H groups in total. The maximum absolute atomic E-state index is 11.2. The molecule has 1 rings (SSSR count). The van der Waals surface area contributed by atoms with E-state index in [2.05, 4.69) is 16.9 Å². The second-order valence-corrected chi connectivity index (χ2v) is 5.45. The van der Waals surface area contributed by atoms with Crippen LogP contribution in [0.3, 0.4) is 0 Å². The molecule has 0 radical (unpaired) electrons. The molecule has 0 saturated carbocycles. The zero-order valence-electron chi connectivity index (χ0n) is 14.0. The first kappa shape index (κ1) is 20.8. The van der Waals surface area contributed by atoms with Gasteiger partial charge in [-0.2, -0.15) is 0 Å². The molecule has 1 aromatic rings. The van der Waals surface area contributed by atoms with E-state index < -0.39 is 5.97 Å². The zero-order valence-corrected chi connectivity index (χ0v) is 14.9. The number of hydrogen-bond acceptors (Lipinski definition) is 4. The number of carboxylic acids is 1. The lowest BCUT2D eigenvalue weighted by Gasteiger charge is -2.01. The molecule has 1 aromatic heterocycles. The number of thiazole rings is 1. The maximum Gasteiger partial charge on any atom is 0.347 e. The number of nitrogens with zero attached hydrogens (tertiary/aromatic N) is 1. The van der Waals surface area contributed by atoms with Crippen LogP contribution in [0.2, 0.25) is 0 Å². The van der Waals surface area contributed by atoms with Gasteiger partial charge in [-0.1, -0.05) is 44.7 Å². The Labute approximate surface area is 141 Å². The molecule has 0 fully saturated rings. The van der Waals surface area contributed by atoms with Crippen molar-refractivity contribution in [3.63, 3.8) is 0 Å². The third-order valence-corrected chi connectivity index (χ3v) is 3.62. The first-order valence-electron chi connectivity index (χ1n) is 7.36. The molecule has 0 aliphatic rings. The lowest BCUT2D eigenvalue weighted by atomic mass is 10.1. The highest BCUT2D eigenvalue weighted by Crippen LogP contribution is 2.21. The van der Waals surface area contributed by atoms with Gasteiger partial charge in [0, 0.05) is 19.9 Å². The van der Waals surface area contributed by atoms with Gasteiger partial charge in [-0.05, 0) is 12.5 Å². The number of hydrogen-bond donors (Lipinski definition) is 2. The van der Waals surface area contributed by atoms with E-state index in [0.29, 0.717) is 12.1 Å². The molecule has 0 unspecified atom stereocenters. The average Bonchev–Trinajstić information content (AvgIpc) is 2.90. The summed E-state index contributed by atoms with van der Waals surface area (Å²) >= 11 is 1.16. The third kappa shape index (κ3) is 7.56. The number of carbonyl (C=O) groups is 2. The summed E-state index contributed by atoms with van der Waals surface area (Å²) in [5.74, 6) is -1.05. The van der Waals surface area contributed by atoms with Crippen molar-refractivity contribution in [2.45, 2.75) is 33.6 Å². The van der Waals surface area contributed by atoms with Gasteiger partial charge >= 0.3 is 5.97 Å². The minimum atomic E-state index is -0.970. The number of carbonyl (C=O) groups excluding carboxylic acids is 1. The molecule has 5 nitrogen and oxygen atoms in total. The van der Waals surface area contributed by atoms with Crippen LogP contribution in [0.1, 0.15) is 40.6 Å². The summed E-state index contributed by atoms with van der Waals surface area (Å²) in [5.41, 5.74) is 1.38. The van der Waals surface area contributed by atoms with Gasteiger partial charge in [0.1, 0.15) is 4.88 Å². The minimum absolute atomic E-state index is 0.0834. The van der Waals surface area contributed by atoms with Crippen LogP contribution in [-0.2, 0) is 11.2 Å². The minimum Gasteiger partial charge on any atom is -0.477 e. The van der Waals surface area contributed by atoms with Crippen molar-refractivity contribution in [3.8, 4) is 0 Å². The lowest BCUT2D eigenvalue weighted by Crippen LogP contribution is -2.15. The number of carboxylic acid groups (broad SMARTS) is 1.